The van der Waals surface area contributed by atoms with Crippen molar-refractivity contribution in [2.75, 3.05) is 11.1 Å². The highest BCUT2D eigenvalue weighted by atomic mass is 16.5. The summed E-state index contributed by atoms with van der Waals surface area (Å²) in [6.07, 6.45) is 6.71. The molecular formula is C28H21N9O. The largest absolute Gasteiger partial charge is 0.420 e. The highest BCUT2D eigenvalue weighted by Gasteiger charge is 2.14. The zero-order valence-corrected chi connectivity index (χ0v) is 20.3. The molecule has 5 aromatic heterocycles. The van der Waals surface area contributed by atoms with E-state index in [4.69, 9.17) is 10.5 Å². The van der Waals surface area contributed by atoms with Crippen LogP contribution in [0, 0.1) is 6.92 Å². The predicted molar refractivity (Wildman–Crippen MR) is 145 cm³/mol. The van der Waals surface area contributed by atoms with Crippen LogP contribution in [-0.4, -0.2) is 35.1 Å². The number of anilines is 3. The van der Waals surface area contributed by atoms with Crippen LogP contribution in [0.15, 0.2) is 91.5 Å². The van der Waals surface area contributed by atoms with Gasteiger partial charge in [0.1, 0.15) is 5.69 Å². The van der Waals surface area contributed by atoms with Gasteiger partial charge in [-0.05, 0) is 42.8 Å². The highest BCUT2D eigenvalue weighted by Crippen LogP contribution is 2.32. The second-order valence-corrected chi connectivity index (χ2v) is 8.43. The van der Waals surface area contributed by atoms with Crippen molar-refractivity contribution in [1.29, 1.82) is 0 Å². The van der Waals surface area contributed by atoms with Gasteiger partial charge in [-0.1, -0.05) is 30.3 Å². The third-order valence-corrected chi connectivity index (χ3v) is 5.76. The Bertz CT molecular complexity index is 1740. The van der Waals surface area contributed by atoms with Crippen LogP contribution >= 0.6 is 0 Å². The lowest BCUT2D eigenvalue weighted by molar-refractivity contribution is 0.446. The molecule has 10 nitrogen and oxygen atoms in total. The fourth-order valence-corrected chi connectivity index (χ4v) is 3.93. The number of aromatic nitrogens is 7. The zero-order valence-electron chi connectivity index (χ0n) is 20.3. The number of fused-ring (bicyclic) bond motifs is 1. The number of aryl methyl sites for hydroxylation is 1. The number of nitrogens with two attached hydrogens (primary N) is 1. The number of hydrogen-bond acceptors (Lipinski definition) is 10. The number of ether oxygens (including phenoxy) is 1. The lowest BCUT2D eigenvalue weighted by atomic mass is 10.1. The molecular weight excluding hydrogens is 478 g/mol. The number of nitrogen functional groups attached to an aromatic ring is 1. The molecule has 6 rings (SSSR count). The topological polar surface area (TPSA) is 138 Å². The van der Waals surface area contributed by atoms with Gasteiger partial charge in [0.15, 0.2) is 5.82 Å². The maximum atomic E-state index is 5.97. The quantitative estimate of drug-likeness (QED) is 0.308. The van der Waals surface area contributed by atoms with Gasteiger partial charge in [0, 0.05) is 35.4 Å². The number of benzene rings is 1. The fraction of sp³-hybridized carbons (Fsp3) is 0.0357. The van der Waals surface area contributed by atoms with Crippen LogP contribution in [0.1, 0.15) is 5.56 Å². The molecule has 0 fully saturated rings. The van der Waals surface area contributed by atoms with Crippen molar-refractivity contribution in [2.45, 2.75) is 6.92 Å². The minimum absolute atomic E-state index is 0.171. The average molecular weight is 500 g/mol. The van der Waals surface area contributed by atoms with E-state index in [0.29, 0.717) is 28.8 Å². The van der Waals surface area contributed by atoms with Crippen LogP contribution in [0.4, 0.5) is 17.5 Å². The molecule has 10 heteroatoms. The van der Waals surface area contributed by atoms with E-state index in [0.717, 1.165) is 33.4 Å². The first-order valence-corrected chi connectivity index (χ1v) is 11.8. The van der Waals surface area contributed by atoms with E-state index in [1.165, 1.54) is 0 Å². The van der Waals surface area contributed by atoms with Crippen molar-refractivity contribution in [1.82, 2.24) is 35.1 Å². The first-order valence-electron chi connectivity index (χ1n) is 11.8. The molecule has 0 saturated heterocycles. The van der Waals surface area contributed by atoms with E-state index in [1.807, 2.05) is 61.7 Å². The van der Waals surface area contributed by atoms with Gasteiger partial charge in [-0.2, -0.15) is 0 Å². The third kappa shape index (κ3) is 4.65. The van der Waals surface area contributed by atoms with Gasteiger partial charge < -0.3 is 15.8 Å². The van der Waals surface area contributed by atoms with Crippen molar-refractivity contribution in [3.63, 3.8) is 0 Å². The monoisotopic (exact) mass is 499 g/mol. The normalized spacial score (nSPS) is 10.9. The lowest BCUT2D eigenvalue weighted by Crippen LogP contribution is -2.01. The standard InChI is InChI=1S/C28H21N9O/c1-17-8-10-23(32-15-17)25-19-5-2-3-6-20(19)26(37-36-25)34-18-9-11-24(33-16-18)38-27-21(7-4-13-30-27)22-12-14-31-28(29)35-22/h2-16H,1H3,(H,34,37)(H2,29,31,35). The Morgan fingerprint density at radius 3 is 2.42 bits per heavy atom. The van der Waals surface area contributed by atoms with E-state index < -0.39 is 0 Å². The summed E-state index contributed by atoms with van der Waals surface area (Å²) in [5.74, 6) is 1.51. The second kappa shape index (κ2) is 9.86. The van der Waals surface area contributed by atoms with Crippen molar-refractivity contribution in [3.8, 4) is 34.4 Å². The Balaban J connectivity index is 1.25. The minimum atomic E-state index is 0.171. The molecule has 0 saturated carbocycles. The number of nitrogens with one attached hydrogen (secondary N) is 1. The van der Waals surface area contributed by atoms with Gasteiger partial charge in [0.25, 0.3) is 0 Å². The molecule has 0 aliphatic rings. The first kappa shape index (κ1) is 22.9. The molecule has 38 heavy (non-hydrogen) atoms. The molecule has 0 unspecified atom stereocenters. The molecule has 0 amide bonds. The van der Waals surface area contributed by atoms with Gasteiger partial charge in [-0.3, -0.25) is 4.98 Å². The van der Waals surface area contributed by atoms with Gasteiger partial charge in [-0.25, -0.2) is 19.9 Å². The van der Waals surface area contributed by atoms with Crippen LogP contribution in [0.2, 0.25) is 0 Å². The Morgan fingerprint density at radius 2 is 1.63 bits per heavy atom. The Labute approximate surface area is 217 Å². The van der Waals surface area contributed by atoms with Crippen LogP contribution in [0.3, 0.4) is 0 Å². The Kier molecular flexibility index (Phi) is 5.95. The summed E-state index contributed by atoms with van der Waals surface area (Å²) in [4.78, 5) is 21.5. The molecule has 0 aliphatic carbocycles. The van der Waals surface area contributed by atoms with Gasteiger partial charge in [0.05, 0.1) is 28.8 Å². The van der Waals surface area contributed by atoms with Crippen LogP contribution in [0.25, 0.3) is 33.4 Å². The lowest BCUT2D eigenvalue weighted by Gasteiger charge is -2.12. The molecule has 0 aliphatic heterocycles. The van der Waals surface area contributed by atoms with E-state index in [1.54, 1.807) is 36.8 Å². The molecule has 6 aromatic rings. The van der Waals surface area contributed by atoms with Gasteiger partial charge >= 0.3 is 0 Å². The number of pyridine rings is 3. The summed E-state index contributed by atoms with van der Waals surface area (Å²) in [6, 6.07) is 20.9. The summed E-state index contributed by atoms with van der Waals surface area (Å²) in [7, 11) is 0. The highest BCUT2D eigenvalue weighted by molar-refractivity contribution is 6.00. The smallest absolute Gasteiger partial charge is 0.230 e. The predicted octanol–water partition coefficient (Wildman–Crippen LogP) is 5.37. The van der Waals surface area contributed by atoms with Crippen LogP contribution in [-0.2, 0) is 0 Å². The van der Waals surface area contributed by atoms with Crippen molar-refractivity contribution < 1.29 is 4.74 Å². The molecule has 1 aromatic carbocycles. The van der Waals surface area contributed by atoms with Crippen molar-refractivity contribution in [2.24, 2.45) is 0 Å². The number of hydrogen-bond donors (Lipinski definition) is 2. The summed E-state index contributed by atoms with van der Waals surface area (Å²) in [5.41, 5.74) is 10.3. The fourth-order valence-electron chi connectivity index (χ4n) is 3.93. The SMILES string of the molecule is Cc1ccc(-c2nnc(Nc3ccc(Oc4ncccc4-c4ccnc(N)n4)nc3)c3ccccc23)nc1. The first-order chi connectivity index (χ1) is 18.6. The third-order valence-electron chi connectivity index (χ3n) is 5.76. The Morgan fingerprint density at radius 1 is 0.737 bits per heavy atom. The molecule has 184 valence electrons. The average Bonchev–Trinajstić information content (AvgIpc) is 2.95. The van der Waals surface area contributed by atoms with Gasteiger partial charge in [0.2, 0.25) is 17.7 Å². The molecule has 0 spiro atoms. The molecule has 3 N–H and O–H groups in total. The van der Waals surface area contributed by atoms with E-state index in [9.17, 15) is 0 Å². The maximum Gasteiger partial charge on any atom is 0.230 e. The molecule has 0 radical (unpaired) electrons. The number of rotatable bonds is 6. The molecule has 0 atom stereocenters. The maximum absolute atomic E-state index is 5.97. The van der Waals surface area contributed by atoms with Crippen molar-refractivity contribution in [3.05, 3.63) is 97.1 Å². The summed E-state index contributed by atoms with van der Waals surface area (Å²) in [5, 5.41) is 14.1. The van der Waals surface area contributed by atoms with E-state index in [2.05, 4.69) is 40.4 Å². The van der Waals surface area contributed by atoms with E-state index >= 15 is 0 Å². The van der Waals surface area contributed by atoms with Gasteiger partial charge in [-0.15, -0.1) is 10.2 Å². The summed E-state index contributed by atoms with van der Waals surface area (Å²) >= 11 is 0. The second-order valence-electron chi connectivity index (χ2n) is 8.43. The molecule has 5 heterocycles. The zero-order chi connectivity index (χ0) is 25.9. The summed E-state index contributed by atoms with van der Waals surface area (Å²) in [6.45, 7) is 2.00. The summed E-state index contributed by atoms with van der Waals surface area (Å²) < 4.78 is 5.97. The van der Waals surface area contributed by atoms with E-state index in [-0.39, 0.29) is 5.95 Å². The minimum Gasteiger partial charge on any atom is -0.420 e. The Hall–Kier alpha value is -5.51. The molecule has 0 bridgehead atoms. The van der Waals surface area contributed by atoms with Crippen LogP contribution < -0.4 is 15.8 Å². The number of nitrogens with zero attached hydrogens (tertiary/aromatic N) is 7. The van der Waals surface area contributed by atoms with Crippen molar-refractivity contribution >= 4 is 28.2 Å². The van der Waals surface area contributed by atoms with Crippen LogP contribution in [0.5, 0.6) is 11.8 Å².